The third kappa shape index (κ3) is 2.15. The van der Waals surface area contributed by atoms with Crippen molar-refractivity contribution >= 4 is 6.09 Å². The van der Waals surface area contributed by atoms with E-state index in [0.717, 1.165) is 18.7 Å². The second-order valence-electron chi connectivity index (χ2n) is 2.86. The molecule has 1 rings (SSSR count). The number of alkyl carbamates (subject to hydrolysis) is 1. The van der Waals surface area contributed by atoms with E-state index in [0.29, 0.717) is 5.92 Å². The molecule has 1 amide bonds. The van der Waals surface area contributed by atoms with Crippen molar-refractivity contribution in [3.63, 3.8) is 0 Å². The van der Waals surface area contributed by atoms with Crippen LogP contribution < -0.4 is 10.6 Å². The maximum Gasteiger partial charge on any atom is 0.411 e. The lowest BCUT2D eigenvalue weighted by molar-refractivity contribution is 0.172. The molecule has 1 heterocycles. The van der Waals surface area contributed by atoms with Crippen LogP contribution in [-0.4, -0.2) is 19.7 Å². The molecule has 0 fully saturated rings. The Labute approximate surface area is 72.0 Å². The first-order valence-corrected chi connectivity index (χ1v) is 4.02. The molecule has 0 aromatic heterocycles. The van der Waals surface area contributed by atoms with Crippen molar-refractivity contribution in [2.45, 2.75) is 13.3 Å². The molecular weight excluding hydrogens is 156 g/mol. The normalized spacial score (nSPS) is 22.2. The molecule has 1 unspecified atom stereocenters. The van der Waals surface area contributed by atoms with Gasteiger partial charge in [0.1, 0.15) is 0 Å². The number of rotatable bonds is 1. The molecule has 4 heteroatoms. The summed E-state index contributed by atoms with van der Waals surface area (Å²) >= 11 is 0. The van der Waals surface area contributed by atoms with Gasteiger partial charge >= 0.3 is 6.09 Å². The Bertz CT molecular complexity index is 201. The van der Waals surface area contributed by atoms with Crippen molar-refractivity contribution in [2.75, 3.05) is 13.7 Å². The molecule has 0 spiro atoms. The number of allylic oxidation sites excluding steroid dienone is 1. The van der Waals surface area contributed by atoms with E-state index in [1.165, 1.54) is 7.11 Å². The van der Waals surface area contributed by atoms with Gasteiger partial charge in [-0.05, 0) is 12.3 Å². The summed E-state index contributed by atoms with van der Waals surface area (Å²) in [5.41, 5.74) is 0.896. The van der Waals surface area contributed by atoms with Crippen LogP contribution in [0, 0.1) is 5.92 Å². The van der Waals surface area contributed by atoms with Crippen molar-refractivity contribution in [1.29, 1.82) is 0 Å². The summed E-state index contributed by atoms with van der Waals surface area (Å²) in [6, 6.07) is 0. The molecule has 2 N–H and O–H groups in total. The molecule has 1 atom stereocenters. The second-order valence-corrected chi connectivity index (χ2v) is 2.86. The highest BCUT2D eigenvalue weighted by Gasteiger charge is 2.14. The topological polar surface area (TPSA) is 50.4 Å². The SMILES string of the molecule is COC(=O)NC1=CNCCC1C. The third-order valence-electron chi connectivity index (χ3n) is 1.94. The van der Waals surface area contributed by atoms with Gasteiger partial charge in [-0.3, -0.25) is 5.32 Å². The summed E-state index contributed by atoms with van der Waals surface area (Å²) in [4.78, 5) is 10.8. The van der Waals surface area contributed by atoms with Crippen LogP contribution >= 0.6 is 0 Å². The predicted molar refractivity (Wildman–Crippen MR) is 45.4 cm³/mol. The third-order valence-corrected chi connectivity index (χ3v) is 1.94. The van der Waals surface area contributed by atoms with E-state index in [4.69, 9.17) is 0 Å². The van der Waals surface area contributed by atoms with Crippen molar-refractivity contribution < 1.29 is 9.53 Å². The number of hydrogen-bond acceptors (Lipinski definition) is 3. The Hall–Kier alpha value is -1.19. The van der Waals surface area contributed by atoms with E-state index in [9.17, 15) is 4.79 Å². The number of hydrogen-bond donors (Lipinski definition) is 2. The maximum absolute atomic E-state index is 10.8. The molecule has 12 heavy (non-hydrogen) atoms. The summed E-state index contributed by atoms with van der Waals surface area (Å²) < 4.78 is 4.48. The van der Waals surface area contributed by atoms with Gasteiger partial charge in [0.15, 0.2) is 0 Å². The lowest BCUT2D eigenvalue weighted by Crippen LogP contribution is -2.32. The van der Waals surface area contributed by atoms with E-state index in [2.05, 4.69) is 22.3 Å². The zero-order valence-corrected chi connectivity index (χ0v) is 7.39. The van der Waals surface area contributed by atoms with Gasteiger partial charge in [0, 0.05) is 18.4 Å². The number of nitrogens with one attached hydrogen (secondary N) is 2. The quantitative estimate of drug-likeness (QED) is 0.612. The lowest BCUT2D eigenvalue weighted by Gasteiger charge is -2.21. The summed E-state index contributed by atoms with van der Waals surface area (Å²) in [6.07, 6.45) is 2.46. The number of ether oxygens (including phenoxy) is 1. The van der Waals surface area contributed by atoms with Crippen LogP contribution in [-0.2, 0) is 4.74 Å². The Kier molecular flexibility index (Phi) is 2.96. The van der Waals surface area contributed by atoms with Gasteiger partial charge in [0.25, 0.3) is 0 Å². The van der Waals surface area contributed by atoms with Gasteiger partial charge in [-0.1, -0.05) is 6.92 Å². The molecule has 0 aromatic carbocycles. The lowest BCUT2D eigenvalue weighted by atomic mass is 10.0. The Morgan fingerprint density at radius 2 is 2.58 bits per heavy atom. The van der Waals surface area contributed by atoms with Crippen LogP contribution in [0.25, 0.3) is 0 Å². The van der Waals surface area contributed by atoms with E-state index in [1.807, 2.05) is 6.20 Å². The van der Waals surface area contributed by atoms with Gasteiger partial charge in [-0.15, -0.1) is 0 Å². The summed E-state index contributed by atoms with van der Waals surface area (Å²) in [6.45, 7) is 3.04. The first-order chi connectivity index (χ1) is 5.74. The first kappa shape index (κ1) is 8.90. The summed E-state index contributed by atoms with van der Waals surface area (Å²) in [5.74, 6) is 0.394. The van der Waals surface area contributed by atoms with Crippen LogP contribution in [0.15, 0.2) is 11.9 Å². The molecule has 0 aliphatic carbocycles. The zero-order chi connectivity index (χ0) is 8.97. The molecular formula is C8H14N2O2. The summed E-state index contributed by atoms with van der Waals surface area (Å²) in [7, 11) is 1.36. The second kappa shape index (κ2) is 3.99. The molecule has 1 aliphatic heterocycles. The summed E-state index contributed by atoms with van der Waals surface area (Å²) in [5, 5.41) is 5.72. The molecule has 68 valence electrons. The maximum atomic E-state index is 10.8. The Balaban J connectivity index is 2.49. The van der Waals surface area contributed by atoms with E-state index in [-0.39, 0.29) is 0 Å². The number of amides is 1. The highest BCUT2D eigenvalue weighted by molar-refractivity contribution is 5.69. The van der Waals surface area contributed by atoms with Gasteiger partial charge < -0.3 is 10.1 Å². The highest BCUT2D eigenvalue weighted by atomic mass is 16.5. The van der Waals surface area contributed by atoms with E-state index < -0.39 is 6.09 Å². The molecule has 0 bridgehead atoms. The number of carbonyl (C=O) groups is 1. The zero-order valence-electron chi connectivity index (χ0n) is 7.39. The van der Waals surface area contributed by atoms with Gasteiger partial charge in [0.05, 0.1) is 7.11 Å². The number of carbonyl (C=O) groups excluding carboxylic acids is 1. The minimum absolute atomic E-state index is 0.394. The first-order valence-electron chi connectivity index (χ1n) is 4.02. The average Bonchev–Trinajstić information content (AvgIpc) is 2.09. The predicted octanol–water partition coefficient (Wildman–Crippen LogP) is 0.813. The van der Waals surface area contributed by atoms with Gasteiger partial charge in [0.2, 0.25) is 0 Å². The standard InChI is InChI=1S/C8H14N2O2/c1-6-3-4-9-5-7(6)10-8(11)12-2/h5-6,9H,3-4H2,1-2H3,(H,10,11). The minimum atomic E-state index is -0.406. The minimum Gasteiger partial charge on any atom is -0.453 e. The van der Waals surface area contributed by atoms with Crippen molar-refractivity contribution in [3.8, 4) is 0 Å². The number of methoxy groups -OCH3 is 1. The fourth-order valence-electron chi connectivity index (χ4n) is 1.11. The molecule has 4 nitrogen and oxygen atoms in total. The van der Waals surface area contributed by atoms with Crippen LogP contribution in [0.1, 0.15) is 13.3 Å². The van der Waals surface area contributed by atoms with Crippen LogP contribution in [0.3, 0.4) is 0 Å². The fourth-order valence-corrected chi connectivity index (χ4v) is 1.11. The van der Waals surface area contributed by atoms with Crippen LogP contribution in [0.2, 0.25) is 0 Å². The van der Waals surface area contributed by atoms with Gasteiger partial charge in [-0.25, -0.2) is 4.79 Å². The van der Waals surface area contributed by atoms with Crippen molar-refractivity contribution in [2.24, 2.45) is 5.92 Å². The molecule has 0 aromatic rings. The smallest absolute Gasteiger partial charge is 0.411 e. The van der Waals surface area contributed by atoms with Crippen LogP contribution in [0.5, 0.6) is 0 Å². The Morgan fingerprint density at radius 3 is 3.17 bits per heavy atom. The van der Waals surface area contributed by atoms with Crippen LogP contribution in [0.4, 0.5) is 4.79 Å². The highest BCUT2D eigenvalue weighted by Crippen LogP contribution is 2.13. The van der Waals surface area contributed by atoms with Crippen molar-refractivity contribution in [1.82, 2.24) is 10.6 Å². The molecule has 0 radical (unpaired) electrons. The van der Waals surface area contributed by atoms with E-state index in [1.54, 1.807) is 0 Å². The fraction of sp³-hybridized carbons (Fsp3) is 0.625. The average molecular weight is 170 g/mol. The Morgan fingerprint density at radius 1 is 1.83 bits per heavy atom. The monoisotopic (exact) mass is 170 g/mol. The molecule has 1 aliphatic rings. The van der Waals surface area contributed by atoms with Crippen molar-refractivity contribution in [3.05, 3.63) is 11.9 Å². The van der Waals surface area contributed by atoms with E-state index >= 15 is 0 Å². The molecule has 0 saturated heterocycles. The largest absolute Gasteiger partial charge is 0.453 e. The molecule has 0 saturated carbocycles. The van der Waals surface area contributed by atoms with Gasteiger partial charge in [-0.2, -0.15) is 0 Å².